The van der Waals surface area contributed by atoms with E-state index in [-0.39, 0.29) is 5.91 Å². The van der Waals surface area contributed by atoms with E-state index in [1.54, 1.807) is 0 Å². The molecule has 45 heavy (non-hydrogen) atoms. The summed E-state index contributed by atoms with van der Waals surface area (Å²) in [5, 5.41) is 3.19. The van der Waals surface area contributed by atoms with Crippen molar-refractivity contribution in [3.05, 3.63) is 48.6 Å². The average Bonchev–Trinajstić information content (AvgIpc) is 3.40. The Bertz CT molecular complexity index is 840. The molecule has 1 unspecified atom stereocenters. The summed E-state index contributed by atoms with van der Waals surface area (Å²) in [5.74, 6) is 1.57. The predicted octanol–water partition coefficient (Wildman–Crippen LogP) is 11.6. The smallest absolute Gasteiger partial charge is 0.220 e. The van der Waals surface area contributed by atoms with E-state index in [4.69, 9.17) is 4.99 Å². The summed E-state index contributed by atoms with van der Waals surface area (Å²) in [7, 11) is 2.31. The van der Waals surface area contributed by atoms with E-state index in [0.717, 1.165) is 62.8 Å². The molecule has 0 saturated carbocycles. The molecule has 1 amide bonds. The van der Waals surface area contributed by atoms with Crippen LogP contribution < -0.4 is 5.32 Å². The minimum absolute atomic E-state index is 0.221. The van der Waals surface area contributed by atoms with Crippen LogP contribution >= 0.6 is 0 Å². The quantitative estimate of drug-likeness (QED) is 0.0465. The lowest BCUT2D eigenvalue weighted by atomic mass is 10.1. The fraction of sp³-hybridized carbons (Fsp3) is 0.756. The highest BCUT2D eigenvalue weighted by Crippen LogP contribution is 2.18. The molecule has 0 bridgehead atoms. The zero-order valence-corrected chi connectivity index (χ0v) is 30.2. The topological polar surface area (TPSA) is 41.5 Å². The third-order valence-corrected chi connectivity index (χ3v) is 9.14. The third-order valence-electron chi connectivity index (χ3n) is 9.14. The number of hydrogen-bond acceptors (Lipinski definition) is 2. The predicted molar refractivity (Wildman–Crippen MR) is 200 cm³/mol. The van der Waals surface area contributed by atoms with E-state index in [1.165, 1.54) is 121 Å². The number of nitrogens with one attached hydrogen (secondary N) is 1. The number of amidine groups is 1. The van der Waals surface area contributed by atoms with E-state index in [9.17, 15) is 4.79 Å². The number of amides is 1. The van der Waals surface area contributed by atoms with Gasteiger partial charge in [0.2, 0.25) is 5.91 Å². The van der Waals surface area contributed by atoms with Gasteiger partial charge in [0.1, 0.15) is 13.1 Å². The largest absolute Gasteiger partial charge is 0.350 e. The van der Waals surface area contributed by atoms with Crippen LogP contribution in [-0.2, 0) is 4.79 Å². The lowest BCUT2D eigenvalue weighted by molar-refractivity contribution is -0.814. The van der Waals surface area contributed by atoms with Crippen LogP contribution in [-0.4, -0.2) is 49.5 Å². The first kappa shape index (κ1) is 41.1. The average molecular weight is 625 g/mol. The Morgan fingerprint density at radius 2 is 1.11 bits per heavy atom. The molecule has 1 heterocycles. The summed E-state index contributed by atoms with van der Waals surface area (Å²) in [5.41, 5.74) is 0. The Labute approximate surface area is 280 Å². The minimum atomic E-state index is 0.221. The van der Waals surface area contributed by atoms with Crippen LogP contribution in [0.2, 0.25) is 0 Å². The number of rotatable bonds is 31. The first-order chi connectivity index (χ1) is 22.1. The Balaban J connectivity index is 1.98. The van der Waals surface area contributed by atoms with Crippen LogP contribution in [0.5, 0.6) is 0 Å². The first-order valence-corrected chi connectivity index (χ1v) is 19.4. The zero-order chi connectivity index (χ0) is 32.5. The second-order valence-electron chi connectivity index (χ2n) is 13.5. The van der Waals surface area contributed by atoms with Crippen molar-refractivity contribution in [2.45, 2.75) is 168 Å². The Morgan fingerprint density at radius 3 is 1.64 bits per heavy atom. The van der Waals surface area contributed by atoms with Gasteiger partial charge in [0.25, 0.3) is 0 Å². The van der Waals surface area contributed by atoms with Crippen LogP contribution in [0, 0.1) is 0 Å². The van der Waals surface area contributed by atoms with Crippen LogP contribution in [0.15, 0.2) is 53.6 Å². The van der Waals surface area contributed by atoms with Crippen molar-refractivity contribution in [3.63, 3.8) is 0 Å². The number of nitrogens with zero attached hydrogens (tertiary/aromatic N) is 2. The molecule has 1 aliphatic heterocycles. The number of carbonyl (C=O) groups is 1. The number of likely N-dealkylation sites (N-methyl/N-ethyl adjacent to an activating group) is 1. The molecule has 1 N–H and O–H groups in total. The minimum Gasteiger partial charge on any atom is -0.350 e. The summed E-state index contributed by atoms with van der Waals surface area (Å²) >= 11 is 0. The molecule has 0 aliphatic carbocycles. The summed E-state index contributed by atoms with van der Waals surface area (Å²) in [6.45, 7) is 8.26. The van der Waals surface area contributed by atoms with Gasteiger partial charge in [0, 0.05) is 12.8 Å². The highest BCUT2D eigenvalue weighted by Gasteiger charge is 2.32. The number of hydrogen-bond donors (Lipinski definition) is 1. The highest BCUT2D eigenvalue weighted by atomic mass is 16.1. The van der Waals surface area contributed by atoms with Crippen LogP contribution in [0.1, 0.15) is 168 Å². The van der Waals surface area contributed by atoms with E-state index in [1.807, 2.05) is 0 Å². The van der Waals surface area contributed by atoms with E-state index in [2.05, 4.69) is 74.8 Å². The van der Waals surface area contributed by atoms with Crippen molar-refractivity contribution in [2.24, 2.45) is 4.99 Å². The molecular formula is C41H74N3O+. The van der Waals surface area contributed by atoms with Gasteiger partial charge < -0.3 is 5.32 Å². The normalized spacial score (nSPS) is 17.1. The number of carbonyl (C=O) groups excluding carboxylic acids is 1. The molecule has 0 radical (unpaired) electrons. The Morgan fingerprint density at radius 1 is 0.644 bits per heavy atom. The van der Waals surface area contributed by atoms with Crippen molar-refractivity contribution in [1.29, 1.82) is 0 Å². The van der Waals surface area contributed by atoms with Gasteiger partial charge in [0.05, 0.1) is 20.1 Å². The second kappa shape index (κ2) is 30.7. The fourth-order valence-electron chi connectivity index (χ4n) is 6.01. The molecule has 1 atom stereocenters. The van der Waals surface area contributed by atoms with Crippen LogP contribution in [0.4, 0.5) is 0 Å². The molecule has 0 aromatic carbocycles. The first-order valence-electron chi connectivity index (χ1n) is 19.4. The van der Waals surface area contributed by atoms with E-state index >= 15 is 0 Å². The molecular weight excluding hydrogens is 550 g/mol. The summed E-state index contributed by atoms with van der Waals surface area (Å²) in [6.07, 6.45) is 47.8. The van der Waals surface area contributed by atoms with Gasteiger partial charge in [-0.3, -0.25) is 9.28 Å². The number of allylic oxidation sites excluding steroid dienone is 8. The monoisotopic (exact) mass is 625 g/mol. The summed E-state index contributed by atoms with van der Waals surface area (Å²) in [6, 6.07) is 0. The Hall–Kier alpha value is -1.94. The standard InChI is InChI=1S/C41H73N3O/c1-4-6-8-10-12-14-16-18-20-22-24-26-28-30-32-34-40-42-36-38-44(40,3)39-37-43-41(45)35-33-31-29-27-25-23-21-19-17-15-13-11-9-7-5-2/h12-15,18-21H,4-11,16-17,22-39H2,1-3H3/p+1/b14-12-,15-13-,20-18-,21-19-. The third kappa shape index (κ3) is 24.9. The molecule has 1 rings (SSSR count). The van der Waals surface area contributed by atoms with Crippen molar-refractivity contribution in [2.75, 3.05) is 33.2 Å². The maximum atomic E-state index is 12.4. The van der Waals surface area contributed by atoms with Gasteiger partial charge in [-0.05, 0) is 77.0 Å². The van der Waals surface area contributed by atoms with Gasteiger partial charge in [-0.25, -0.2) is 4.99 Å². The molecule has 4 heteroatoms. The van der Waals surface area contributed by atoms with Crippen molar-refractivity contribution in [3.8, 4) is 0 Å². The van der Waals surface area contributed by atoms with Crippen LogP contribution in [0.25, 0.3) is 0 Å². The molecule has 1 aliphatic rings. The SMILES string of the molecule is CCCCC/C=C\C/C=C\CCCCCCCC(=O)NCC[N+]1(C)CCN=C1CCCCCCC/C=C\C/C=C\CCCCC. The lowest BCUT2D eigenvalue weighted by Gasteiger charge is -2.30. The van der Waals surface area contributed by atoms with Crippen molar-refractivity contribution in [1.82, 2.24) is 5.32 Å². The van der Waals surface area contributed by atoms with Crippen molar-refractivity contribution >= 4 is 11.7 Å². The van der Waals surface area contributed by atoms with E-state index < -0.39 is 0 Å². The van der Waals surface area contributed by atoms with Gasteiger partial charge in [0.15, 0.2) is 5.84 Å². The maximum Gasteiger partial charge on any atom is 0.220 e. The zero-order valence-electron chi connectivity index (χ0n) is 30.2. The molecule has 258 valence electrons. The van der Waals surface area contributed by atoms with Gasteiger partial charge >= 0.3 is 0 Å². The molecule has 0 aromatic heterocycles. The summed E-state index contributed by atoms with van der Waals surface area (Å²) in [4.78, 5) is 17.3. The maximum absolute atomic E-state index is 12.4. The van der Waals surface area contributed by atoms with Gasteiger partial charge in [-0.2, -0.15) is 0 Å². The van der Waals surface area contributed by atoms with Crippen LogP contribution in [0.3, 0.4) is 0 Å². The fourth-order valence-corrected chi connectivity index (χ4v) is 6.01. The molecule has 0 fully saturated rings. The number of aliphatic imine (C=N–C) groups is 1. The highest BCUT2D eigenvalue weighted by molar-refractivity contribution is 5.77. The molecule has 0 aromatic rings. The molecule has 0 spiro atoms. The Kier molecular flexibility index (Phi) is 28.0. The van der Waals surface area contributed by atoms with Gasteiger partial charge in [-0.1, -0.05) is 127 Å². The van der Waals surface area contributed by atoms with Gasteiger partial charge in [-0.15, -0.1) is 0 Å². The second-order valence-corrected chi connectivity index (χ2v) is 13.5. The molecule has 4 nitrogen and oxygen atoms in total. The number of quaternary nitrogens is 1. The molecule has 0 saturated heterocycles. The number of unbranched alkanes of at least 4 members (excludes halogenated alkanes) is 16. The lowest BCUT2D eigenvalue weighted by Crippen LogP contribution is -2.51. The summed E-state index contributed by atoms with van der Waals surface area (Å²) < 4.78 is 0.918. The van der Waals surface area contributed by atoms with E-state index in [0.29, 0.717) is 6.42 Å². The van der Waals surface area contributed by atoms with Crippen molar-refractivity contribution < 1.29 is 9.28 Å².